The number of nitrogens with zero attached hydrogens (tertiary/aromatic N) is 4. The van der Waals surface area contributed by atoms with Gasteiger partial charge in [0.1, 0.15) is 29.7 Å². The minimum atomic E-state index is -0.788. The molecule has 6 saturated heterocycles. The van der Waals surface area contributed by atoms with Crippen LogP contribution in [-0.2, 0) is 33.6 Å². The third kappa shape index (κ3) is 15.9. The van der Waals surface area contributed by atoms with Gasteiger partial charge >= 0.3 is 30.2 Å². The van der Waals surface area contributed by atoms with Gasteiger partial charge in [0.05, 0.1) is 5.92 Å². The van der Waals surface area contributed by atoms with E-state index in [1.807, 2.05) is 125 Å². The van der Waals surface area contributed by atoms with Gasteiger partial charge in [0.2, 0.25) is 17.7 Å². The molecular weight excluding hydrogens is 923 g/mol. The summed E-state index contributed by atoms with van der Waals surface area (Å²) < 4.78 is 0. The number of hydrogen-bond acceptors (Lipinski definition) is 12. The maximum atomic E-state index is 11.4. The Morgan fingerprint density at radius 2 is 0.873 bits per heavy atom. The Bertz CT molecular complexity index is 2050. The molecule has 23 heteroatoms. The fourth-order valence-electron chi connectivity index (χ4n) is 8.01. The lowest BCUT2D eigenvalue weighted by molar-refractivity contribution is -0.128. The molecule has 6 rings (SSSR count). The molecule has 6 heterocycles. The lowest BCUT2D eigenvalue weighted by atomic mass is 9.75. The van der Waals surface area contributed by atoms with E-state index in [0.717, 1.165) is 0 Å². The molecule has 71 heavy (non-hydrogen) atoms. The first kappa shape index (κ1) is 62.9. The fourth-order valence-corrected chi connectivity index (χ4v) is 8.01. The van der Waals surface area contributed by atoms with E-state index in [-0.39, 0.29) is 123 Å². The number of amides is 17. The zero-order valence-corrected chi connectivity index (χ0v) is 46.3. The van der Waals surface area contributed by atoms with E-state index in [2.05, 4.69) is 37.2 Å². The molecule has 0 saturated carbocycles. The molecule has 6 aliphatic heterocycles. The van der Waals surface area contributed by atoms with Crippen LogP contribution in [0, 0.1) is 16.7 Å². The highest BCUT2D eigenvalue weighted by molar-refractivity contribution is 6.08. The Morgan fingerprint density at radius 3 is 1.01 bits per heavy atom. The zero-order chi connectivity index (χ0) is 56.3. The van der Waals surface area contributed by atoms with Gasteiger partial charge in [-0.05, 0) is 129 Å². The second-order valence-electron chi connectivity index (χ2n) is 24.8. The average molecular weight is 1010 g/mol. The minimum absolute atomic E-state index is 0.101. The van der Waals surface area contributed by atoms with Crippen molar-refractivity contribution >= 4 is 71.5 Å². The third-order valence-electron chi connectivity index (χ3n) is 12.2. The molecule has 17 amide bonds. The van der Waals surface area contributed by atoms with Crippen LogP contribution in [0.2, 0.25) is 0 Å². The van der Waals surface area contributed by atoms with Crippen LogP contribution in [0.15, 0.2) is 0 Å². The van der Waals surface area contributed by atoms with Crippen molar-refractivity contribution in [2.45, 2.75) is 211 Å². The van der Waals surface area contributed by atoms with E-state index in [0.29, 0.717) is 6.42 Å². The van der Waals surface area contributed by atoms with E-state index >= 15 is 0 Å². The summed E-state index contributed by atoms with van der Waals surface area (Å²) in [7, 11) is 0. The average Bonchev–Trinajstić information content (AvgIpc) is 3.92. The van der Waals surface area contributed by atoms with Crippen molar-refractivity contribution in [1.82, 2.24) is 56.8 Å². The molecule has 23 nitrogen and oxygen atoms in total. The van der Waals surface area contributed by atoms with Crippen LogP contribution in [-0.4, -0.2) is 143 Å². The largest absolute Gasteiger partial charge is 0.325 e. The highest BCUT2D eigenvalue weighted by atomic mass is 16.2. The summed E-state index contributed by atoms with van der Waals surface area (Å²) >= 11 is 0. The van der Waals surface area contributed by atoms with Gasteiger partial charge in [0.15, 0.2) is 0 Å². The lowest BCUT2D eigenvalue weighted by Gasteiger charge is -2.39. The van der Waals surface area contributed by atoms with Crippen molar-refractivity contribution in [3.8, 4) is 0 Å². The lowest BCUT2D eigenvalue weighted by Crippen LogP contribution is -2.54. The summed E-state index contributed by atoms with van der Waals surface area (Å²) in [5.74, 6) is -1.53. The van der Waals surface area contributed by atoms with Gasteiger partial charge in [0, 0.05) is 28.6 Å². The monoisotopic (exact) mass is 1010 g/mol. The molecule has 4 atom stereocenters. The van der Waals surface area contributed by atoms with Crippen LogP contribution in [0.25, 0.3) is 0 Å². The van der Waals surface area contributed by atoms with Gasteiger partial charge in [-0.2, -0.15) is 0 Å². The smallest absolute Gasteiger partial charge is 0.323 e. The van der Waals surface area contributed by atoms with E-state index < -0.39 is 17.1 Å². The molecule has 6 fully saturated rings. The predicted molar refractivity (Wildman–Crippen MR) is 264 cm³/mol. The zero-order valence-electron chi connectivity index (χ0n) is 46.3. The number of nitrogens with one attached hydrogen (secondary N) is 7. The molecule has 6 aliphatic rings. The van der Waals surface area contributed by atoms with Gasteiger partial charge < -0.3 is 24.9 Å². The first-order chi connectivity index (χ1) is 31.4. The number of rotatable bonds is 0. The number of urea groups is 5. The Hall–Kier alpha value is -6.16. The van der Waals surface area contributed by atoms with E-state index in [1.54, 1.807) is 49.3 Å². The predicted octanol–water partition coefficient (Wildman–Crippen LogP) is 4.23. The Labute approximate surface area is 419 Å². The number of imide groups is 6. The first-order valence-electron chi connectivity index (χ1n) is 23.5. The standard InChI is InChI=1S/C9H16N2O2.3C8H14N2O2.C8H13NO2.C7H12N2O2/c1-8(2,3)11-7(13)10-6(12)9(11,4)5;1-7(2,3)8(4)5(11)9-6(12)10-8;2*1-5-6(11)9-7(12)10(5)8(2,3)4;1-8(2,3)5-4-6(10)9-7(5)11;1-7(2,3)9-4-5(10)8-6(9)11/h1-5H3,(H,10,12,13);1-4H3,(H2,9,10,11,12);2*5H,1-4H3,(H,9,11,12);5H,4H2,1-3H3,(H,9,10,11);4H2,1-3H3,(H,8,10,11)/t;;2*5-;;/m..10../s1. The van der Waals surface area contributed by atoms with Crippen LogP contribution < -0.4 is 37.2 Å². The quantitative estimate of drug-likeness (QED) is 0.133. The van der Waals surface area contributed by atoms with Crippen LogP contribution in [0.3, 0.4) is 0 Å². The van der Waals surface area contributed by atoms with E-state index in [9.17, 15) is 57.5 Å². The Balaban J connectivity index is 0.000000426. The van der Waals surface area contributed by atoms with Gasteiger partial charge in [-0.1, -0.05) is 41.5 Å². The maximum absolute atomic E-state index is 11.4. The van der Waals surface area contributed by atoms with Crippen LogP contribution in [0.5, 0.6) is 0 Å². The van der Waals surface area contributed by atoms with Crippen molar-refractivity contribution in [1.29, 1.82) is 0 Å². The van der Waals surface area contributed by atoms with E-state index in [4.69, 9.17) is 0 Å². The molecule has 2 unspecified atom stereocenters. The van der Waals surface area contributed by atoms with Crippen molar-refractivity contribution in [3.63, 3.8) is 0 Å². The number of carbonyl (C=O) groups excluding carboxylic acids is 12. The van der Waals surface area contributed by atoms with Crippen LogP contribution >= 0.6 is 0 Å². The molecule has 0 radical (unpaired) electrons. The second kappa shape index (κ2) is 21.7. The SMILES string of the molecule is CC(C)(C)C1(C)NC(=O)NC1=O.CC(C)(C)C1CC(=O)NC1=O.CC(C)(C)N1C(=O)NC(=O)C1(C)C.CC(C)(C)N1CC(=O)NC1=O.C[C@@H]1C(=O)NC(=O)N1C(C)(C)C.C[C@H]1C(=O)NC(=O)N1C(C)(C)C. The molecule has 402 valence electrons. The van der Waals surface area contributed by atoms with E-state index in [1.165, 1.54) is 4.90 Å². The first-order valence-corrected chi connectivity index (χ1v) is 23.5. The normalized spacial score (nSPS) is 24.4. The van der Waals surface area contributed by atoms with Crippen molar-refractivity contribution in [3.05, 3.63) is 0 Å². The summed E-state index contributed by atoms with van der Waals surface area (Å²) in [5.41, 5.74) is -3.10. The fraction of sp³-hybridized carbons (Fsp3) is 0.750. The summed E-state index contributed by atoms with van der Waals surface area (Å²) in [6, 6.07) is -2.28. The number of carbonyl (C=O) groups is 12. The molecule has 0 aromatic carbocycles. The van der Waals surface area contributed by atoms with Gasteiger partial charge in [-0.3, -0.25) is 65.5 Å². The summed E-state index contributed by atoms with van der Waals surface area (Å²) in [6.45, 7) is 43.4. The molecule has 0 aliphatic carbocycles. The molecule has 0 spiro atoms. The Kier molecular flexibility index (Phi) is 19.2. The molecule has 0 aromatic heterocycles. The molecular formula is C48H83N11O12. The van der Waals surface area contributed by atoms with Crippen LogP contribution in [0.1, 0.15) is 166 Å². The maximum Gasteiger partial charge on any atom is 0.325 e. The summed E-state index contributed by atoms with van der Waals surface area (Å²) in [6.07, 6.45) is 0.350. The van der Waals surface area contributed by atoms with Gasteiger partial charge in [-0.15, -0.1) is 0 Å². The molecule has 7 N–H and O–H groups in total. The summed E-state index contributed by atoms with van der Waals surface area (Å²) in [5, 5.41) is 16.2. The van der Waals surface area contributed by atoms with Gasteiger partial charge in [-0.25, -0.2) is 24.0 Å². The topological polar surface area (TPSA) is 302 Å². The van der Waals surface area contributed by atoms with Crippen molar-refractivity contribution in [2.75, 3.05) is 6.54 Å². The summed E-state index contributed by atoms with van der Waals surface area (Å²) in [4.78, 5) is 139. The highest BCUT2D eigenvalue weighted by Crippen LogP contribution is 2.33. The second-order valence-corrected chi connectivity index (χ2v) is 24.8. The van der Waals surface area contributed by atoms with Crippen molar-refractivity contribution in [2.24, 2.45) is 16.7 Å². The Morgan fingerprint density at radius 1 is 0.451 bits per heavy atom. The van der Waals surface area contributed by atoms with Crippen molar-refractivity contribution < 1.29 is 57.5 Å². The molecule has 0 bridgehead atoms. The third-order valence-corrected chi connectivity index (χ3v) is 12.2. The minimum Gasteiger partial charge on any atom is -0.323 e. The number of hydrogen-bond donors (Lipinski definition) is 7. The highest BCUT2D eigenvalue weighted by Gasteiger charge is 2.51. The molecule has 0 aromatic rings. The van der Waals surface area contributed by atoms with Crippen LogP contribution in [0.4, 0.5) is 24.0 Å². The van der Waals surface area contributed by atoms with Gasteiger partial charge in [0.25, 0.3) is 23.6 Å².